The molecule has 9 heteroatoms. The average molecular weight is 486 g/mol. The highest BCUT2D eigenvalue weighted by Gasteiger charge is 2.39. The fourth-order valence-corrected chi connectivity index (χ4v) is 6.21. The Morgan fingerprint density at radius 3 is 2.75 bits per heavy atom. The first kappa shape index (κ1) is 23.3. The van der Waals surface area contributed by atoms with Crippen molar-refractivity contribution in [3.8, 4) is 0 Å². The van der Waals surface area contributed by atoms with Gasteiger partial charge in [-0.2, -0.15) is 0 Å². The van der Waals surface area contributed by atoms with Crippen LogP contribution in [-0.4, -0.2) is 72.9 Å². The summed E-state index contributed by atoms with van der Waals surface area (Å²) in [4.78, 5) is 7.92. The van der Waals surface area contributed by atoms with Gasteiger partial charge in [-0.3, -0.25) is 4.90 Å². The maximum Gasteiger partial charge on any atom is 0.138 e. The van der Waals surface area contributed by atoms with Crippen LogP contribution in [0.4, 0.5) is 0 Å². The van der Waals surface area contributed by atoms with E-state index in [1.54, 1.807) is 11.0 Å². The average Bonchev–Trinajstić information content (AvgIpc) is 3.65. The molecule has 0 spiro atoms. The van der Waals surface area contributed by atoms with Gasteiger partial charge in [0.1, 0.15) is 12.2 Å². The molecule has 6 rings (SSSR count). The Balaban J connectivity index is 1.34. The van der Waals surface area contributed by atoms with Gasteiger partial charge in [-0.15, -0.1) is 5.10 Å². The van der Waals surface area contributed by atoms with Crippen LogP contribution >= 0.6 is 0 Å². The number of hydrogen-bond donors (Lipinski definition) is 2. The number of tetrazole rings is 1. The van der Waals surface area contributed by atoms with Gasteiger partial charge in [0.2, 0.25) is 0 Å². The van der Waals surface area contributed by atoms with Crippen molar-refractivity contribution in [2.24, 2.45) is 0 Å². The maximum atomic E-state index is 5.21. The predicted molar refractivity (Wildman–Crippen MR) is 140 cm³/mol. The third-order valence-corrected chi connectivity index (χ3v) is 7.97. The van der Waals surface area contributed by atoms with Gasteiger partial charge in [-0.05, 0) is 61.0 Å². The minimum absolute atomic E-state index is 0.183. The van der Waals surface area contributed by atoms with Crippen molar-refractivity contribution in [3.63, 3.8) is 0 Å². The molecule has 2 aliphatic heterocycles. The van der Waals surface area contributed by atoms with Crippen LogP contribution in [0.1, 0.15) is 43.1 Å². The Morgan fingerprint density at radius 2 is 1.89 bits per heavy atom. The number of nitrogens with zero attached hydrogens (tertiary/aromatic N) is 7. The van der Waals surface area contributed by atoms with E-state index in [0.29, 0.717) is 24.5 Å². The number of nitrogens with one attached hydrogen (secondary N) is 2. The lowest BCUT2D eigenvalue weighted by Gasteiger charge is -2.39. The molecule has 4 heterocycles. The molecule has 188 valence electrons. The summed E-state index contributed by atoms with van der Waals surface area (Å²) in [5, 5.41) is 19.2. The Kier molecular flexibility index (Phi) is 6.76. The smallest absolute Gasteiger partial charge is 0.138 e. The van der Waals surface area contributed by atoms with Crippen LogP contribution in [0.15, 0.2) is 60.9 Å². The number of fused-ring (bicyclic) bond motifs is 1. The van der Waals surface area contributed by atoms with E-state index < -0.39 is 0 Å². The standard InChI is InChI=1S/C27H35N9/c1-20(26-22(12-14-29-26)21-8-3-2-4-9-21)35-15-7-13-28-18-25(35)27-31-23-10-5-6-11-24(23)36(27)17-16-34-19-30-32-33-34/h2-6,8-11,19-20,22,25-26,28-29H,7,12-18H2,1H3. The molecule has 0 aliphatic carbocycles. The van der Waals surface area contributed by atoms with Crippen LogP contribution < -0.4 is 10.6 Å². The predicted octanol–water partition coefficient (Wildman–Crippen LogP) is 2.59. The van der Waals surface area contributed by atoms with Crippen LogP contribution in [0.5, 0.6) is 0 Å². The molecule has 0 radical (unpaired) electrons. The van der Waals surface area contributed by atoms with E-state index in [0.717, 1.165) is 50.5 Å². The van der Waals surface area contributed by atoms with Gasteiger partial charge in [-0.1, -0.05) is 42.5 Å². The molecule has 0 amide bonds. The fourth-order valence-electron chi connectivity index (χ4n) is 6.21. The number of para-hydroxylation sites is 2. The molecular formula is C27H35N9. The van der Waals surface area contributed by atoms with Crippen LogP contribution in [-0.2, 0) is 13.1 Å². The molecule has 4 atom stereocenters. The van der Waals surface area contributed by atoms with E-state index in [9.17, 15) is 0 Å². The molecule has 36 heavy (non-hydrogen) atoms. The first-order chi connectivity index (χ1) is 17.8. The van der Waals surface area contributed by atoms with E-state index in [4.69, 9.17) is 4.98 Å². The molecule has 2 aromatic carbocycles. The third-order valence-electron chi connectivity index (χ3n) is 7.97. The second kappa shape index (κ2) is 10.5. The van der Waals surface area contributed by atoms with Crippen LogP contribution in [0.25, 0.3) is 11.0 Å². The largest absolute Gasteiger partial charge is 0.325 e. The Labute approximate surface area is 211 Å². The lowest BCUT2D eigenvalue weighted by Crippen LogP contribution is -2.50. The number of hydrogen-bond acceptors (Lipinski definition) is 7. The molecule has 2 N–H and O–H groups in total. The van der Waals surface area contributed by atoms with E-state index >= 15 is 0 Å². The summed E-state index contributed by atoms with van der Waals surface area (Å²) in [6, 6.07) is 20.5. The van der Waals surface area contributed by atoms with Gasteiger partial charge in [0.25, 0.3) is 0 Å². The molecule has 0 saturated carbocycles. The quantitative estimate of drug-likeness (QED) is 0.416. The summed E-state index contributed by atoms with van der Waals surface area (Å²) in [6.45, 7) is 7.92. The molecule has 2 aromatic heterocycles. The fraction of sp³-hybridized carbons (Fsp3) is 0.481. The summed E-state index contributed by atoms with van der Waals surface area (Å²) < 4.78 is 4.17. The molecule has 9 nitrogen and oxygen atoms in total. The SMILES string of the molecule is CC(C1NCCC1c1ccccc1)N1CCCNCC1c1nc2ccccc2n1CCn1cnnn1. The van der Waals surface area contributed by atoms with Gasteiger partial charge in [-0.25, -0.2) is 9.67 Å². The van der Waals surface area contributed by atoms with Gasteiger partial charge in [0.05, 0.1) is 23.6 Å². The minimum Gasteiger partial charge on any atom is -0.325 e. The highest BCUT2D eigenvalue weighted by atomic mass is 15.5. The summed E-state index contributed by atoms with van der Waals surface area (Å²) >= 11 is 0. The van der Waals surface area contributed by atoms with E-state index in [-0.39, 0.29) is 6.04 Å². The topological polar surface area (TPSA) is 88.7 Å². The van der Waals surface area contributed by atoms with E-state index in [1.807, 2.05) is 0 Å². The lowest BCUT2D eigenvalue weighted by molar-refractivity contribution is 0.116. The number of aryl methyl sites for hydroxylation is 2. The van der Waals surface area contributed by atoms with E-state index in [1.165, 1.54) is 17.5 Å². The summed E-state index contributed by atoms with van der Waals surface area (Å²) in [5.41, 5.74) is 3.65. The molecule has 2 fully saturated rings. The highest BCUT2D eigenvalue weighted by Crippen LogP contribution is 2.35. The molecular weight excluding hydrogens is 450 g/mol. The van der Waals surface area contributed by atoms with E-state index in [2.05, 4.69) is 97.1 Å². The van der Waals surface area contributed by atoms with Crippen LogP contribution in [0.3, 0.4) is 0 Å². The number of aromatic nitrogens is 6. The maximum absolute atomic E-state index is 5.21. The normalized spacial score (nSPS) is 24.2. The second-order valence-electron chi connectivity index (χ2n) is 10.0. The van der Waals surface area contributed by atoms with Crippen molar-refractivity contribution in [3.05, 3.63) is 72.3 Å². The number of benzene rings is 2. The summed E-state index contributed by atoms with van der Waals surface area (Å²) in [7, 11) is 0. The van der Waals surface area contributed by atoms with Crippen LogP contribution in [0.2, 0.25) is 0 Å². The Bertz CT molecular complexity index is 1250. The van der Waals surface area contributed by atoms with Gasteiger partial charge >= 0.3 is 0 Å². The van der Waals surface area contributed by atoms with Crippen molar-refractivity contribution >= 4 is 11.0 Å². The third kappa shape index (κ3) is 4.54. The zero-order valence-corrected chi connectivity index (χ0v) is 20.9. The van der Waals surface area contributed by atoms with Crippen molar-refractivity contribution in [1.82, 2.24) is 45.3 Å². The van der Waals surface area contributed by atoms with Crippen molar-refractivity contribution in [1.29, 1.82) is 0 Å². The second-order valence-corrected chi connectivity index (χ2v) is 10.0. The molecule has 2 saturated heterocycles. The monoisotopic (exact) mass is 485 g/mol. The first-order valence-corrected chi connectivity index (χ1v) is 13.2. The Hall–Kier alpha value is -3.14. The summed E-state index contributed by atoms with van der Waals surface area (Å²) in [6.07, 6.45) is 3.99. The number of imidazole rings is 1. The number of rotatable bonds is 7. The Morgan fingerprint density at radius 1 is 1.03 bits per heavy atom. The van der Waals surface area contributed by atoms with Crippen LogP contribution in [0, 0.1) is 0 Å². The lowest BCUT2D eigenvalue weighted by atomic mass is 9.87. The van der Waals surface area contributed by atoms with Crippen molar-refractivity contribution in [2.45, 2.75) is 56.9 Å². The molecule has 0 bridgehead atoms. The highest BCUT2D eigenvalue weighted by molar-refractivity contribution is 5.76. The molecule has 4 unspecified atom stereocenters. The van der Waals surface area contributed by atoms with Gasteiger partial charge in [0.15, 0.2) is 0 Å². The van der Waals surface area contributed by atoms with Gasteiger partial charge in [0, 0.05) is 37.6 Å². The van der Waals surface area contributed by atoms with Crippen molar-refractivity contribution in [2.75, 3.05) is 26.2 Å². The zero-order chi connectivity index (χ0) is 24.3. The zero-order valence-electron chi connectivity index (χ0n) is 20.9. The first-order valence-electron chi connectivity index (χ1n) is 13.2. The minimum atomic E-state index is 0.183. The van der Waals surface area contributed by atoms with Gasteiger partial charge < -0.3 is 15.2 Å². The molecule has 2 aliphatic rings. The van der Waals surface area contributed by atoms with Crippen molar-refractivity contribution < 1.29 is 0 Å². The summed E-state index contributed by atoms with van der Waals surface area (Å²) in [5.74, 6) is 1.65. The molecule has 4 aromatic rings.